The molecule has 0 fully saturated rings. The quantitative estimate of drug-likeness (QED) is 0.625. The van der Waals surface area contributed by atoms with Crippen molar-refractivity contribution in [2.75, 3.05) is 19.0 Å². The number of hydrogen-bond acceptors (Lipinski definition) is 3. The van der Waals surface area contributed by atoms with E-state index in [0.717, 1.165) is 29.7 Å². The zero-order chi connectivity index (χ0) is 12.4. The number of benzene rings is 1. The van der Waals surface area contributed by atoms with Gasteiger partial charge in [0, 0.05) is 25.4 Å². The summed E-state index contributed by atoms with van der Waals surface area (Å²) in [5.41, 5.74) is 5.53. The van der Waals surface area contributed by atoms with E-state index in [1.165, 1.54) is 11.3 Å². The third kappa shape index (κ3) is 2.18. The topological polar surface area (TPSA) is 35.8 Å². The Morgan fingerprint density at radius 2 is 1.76 bits per heavy atom. The van der Waals surface area contributed by atoms with E-state index in [9.17, 15) is 0 Å². The highest BCUT2D eigenvalue weighted by Crippen LogP contribution is 2.32. The van der Waals surface area contributed by atoms with Crippen LogP contribution in [0.5, 0.6) is 0 Å². The van der Waals surface area contributed by atoms with Crippen LogP contribution in [0.3, 0.4) is 0 Å². The molecular weight excluding hydrogens is 212 g/mol. The van der Waals surface area contributed by atoms with Gasteiger partial charge >= 0.3 is 0 Å². The molecular formula is C14H18N2O. The molecule has 2 rings (SSSR count). The first-order valence-corrected chi connectivity index (χ1v) is 5.82. The molecule has 1 aromatic carbocycles. The Morgan fingerprint density at radius 1 is 1.12 bits per heavy atom. The Morgan fingerprint density at radius 3 is 2.29 bits per heavy atom. The lowest BCUT2D eigenvalue weighted by Gasteiger charge is -2.13. The smallest absolute Gasteiger partial charge is 0.0876 e. The van der Waals surface area contributed by atoms with Crippen LogP contribution in [0, 0.1) is 0 Å². The van der Waals surface area contributed by atoms with Crippen LogP contribution < -0.4 is 4.90 Å². The minimum atomic E-state index is 0.806. The second-order valence-electron chi connectivity index (χ2n) is 4.64. The van der Waals surface area contributed by atoms with E-state index in [0.29, 0.717) is 0 Å². The lowest BCUT2D eigenvalue weighted by molar-refractivity contribution is 0.319. The molecule has 0 amide bonds. The molecule has 1 aromatic rings. The fraction of sp³-hybridized carbons (Fsp3) is 0.357. The third-order valence-electron chi connectivity index (χ3n) is 3.25. The van der Waals surface area contributed by atoms with Crippen LogP contribution in [0.1, 0.15) is 25.3 Å². The van der Waals surface area contributed by atoms with Crippen molar-refractivity contribution >= 4 is 17.0 Å². The third-order valence-corrected chi connectivity index (χ3v) is 3.25. The van der Waals surface area contributed by atoms with Crippen molar-refractivity contribution < 1.29 is 5.21 Å². The van der Waals surface area contributed by atoms with Crippen LogP contribution in [-0.4, -0.2) is 25.0 Å². The zero-order valence-corrected chi connectivity index (χ0v) is 10.6. The molecule has 0 saturated heterocycles. The van der Waals surface area contributed by atoms with Gasteiger partial charge in [0.1, 0.15) is 0 Å². The monoisotopic (exact) mass is 230 g/mol. The molecule has 17 heavy (non-hydrogen) atoms. The Kier molecular flexibility index (Phi) is 3.18. The molecule has 0 unspecified atom stereocenters. The van der Waals surface area contributed by atoms with Crippen LogP contribution >= 0.6 is 0 Å². The molecule has 1 N–H and O–H groups in total. The zero-order valence-electron chi connectivity index (χ0n) is 10.6. The van der Waals surface area contributed by atoms with Gasteiger partial charge in [0.05, 0.1) is 5.71 Å². The van der Waals surface area contributed by atoms with Crippen molar-refractivity contribution in [3.05, 3.63) is 35.4 Å². The largest absolute Gasteiger partial charge is 0.411 e. The number of nitrogens with zero attached hydrogens (tertiary/aromatic N) is 2. The average Bonchev–Trinajstić information content (AvgIpc) is 2.70. The van der Waals surface area contributed by atoms with E-state index in [-0.39, 0.29) is 0 Å². The highest BCUT2D eigenvalue weighted by atomic mass is 16.4. The van der Waals surface area contributed by atoms with E-state index in [2.05, 4.69) is 41.2 Å². The van der Waals surface area contributed by atoms with Gasteiger partial charge in [-0.25, -0.2) is 0 Å². The highest BCUT2D eigenvalue weighted by molar-refractivity contribution is 6.26. The molecule has 0 bridgehead atoms. The SMILES string of the molecule is CC1=C(c2ccc(N(C)C)cc2)/C(=N\O)CC1. The molecule has 0 spiro atoms. The minimum absolute atomic E-state index is 0.806. The lowest BCUT2D eigenvalue weighted by atomic mass is 10.0. The minimum Gasteiger partial charge on any atom is -0.411 e. The maximum absolute atomic E-state index is 9.00. The van der Waals surface area contributed by atoms with Gasteiger partial charge in [-0.1, -0.05) is 22.9 Å². The first kappa shape index (κ1) is 11.7. The molecule has 0 aliphatic heterocycles. The molecule has 90 valence electrons. The summed E-state index contributed by atoms with van der Waals surface area (Å²) < 4.78 is 0. The number of anilines is 1. The predicted molar refractivity (Wildman–Crippen MR) is 71.8 cm³/mol. The number of allylic oxidation sites excluding steroid dienone is 2. The second-order valence-corrected chi connectivity index (χ2v) is 4.64. The average molecular weight is 230 g/mol. The normalized spacial score (nSPS) is 17.9. The Hall–Kier alpha value is -1.77. The fourth-order valence-corrected chi connectivity index (χ4v) is 2.24. The Bertz CT molecular complexity index is 470. The van der Waals surface area contributed by atoms with E-state index in [1.54, 1.807) is 0 Å². The standard InChI is InChI=1S/C14H18N2O/c1-10-4-9-13(15-17)14(10)11-5-7-12(8-6-11)16(2)3/h5-8,17H,4,9H2,1-3H3/b15-13-. The van der Waals surface area contributed by atoms with Crippen LogP contribution in [0.15, 0.2) is 35.0 Å². The molecule has 0 saturated carbocycles. The van der Waals surface area contributed by atoms with Gasteiger partial charge in [-0.2, -0.15) is 0 Å². The van der Waals surface area contributed by atoms with E-state index >= 15 is 0 Å². The number of hydrogen-bond donors (Lipinski definition) is 1. The molecule has 3 heteroatoms. The highest BCUT2D eigenvalue weighted by Gasteiger charge is 2.20. The van der Waals surface area contributed by atoms with Crippen LogP contribution in [-0.2, 0) is 0 Å². The van der Waals surface area contributed by atoms with Gasteiger partial charge < -0.3 is 10.1 Å². The molecule has 1 aliphatic rings. The summed E-state index contributed by atoms with van der Waals surface area (Å²) in [5, 5.41) is 12.4. The first-order chi connectivity index (χ1) is 8.13. The Balaban J connectivity index is 2.38. The van der Waals surface area contributed by atoms with Crippen molar-refractivity contribution in [2.45, 2.75) is 19.8 Å². The van der Waals surface area contributed by atoms with Gasteiger partial charge in [0.15, 0.2) is 0 Å². The van der Waals surface area contributed by atoms with Gasteiger partial charge in [0.25, 0.3) is 0 Å². The van der Waals surface area contributed by atoms with E-state index < -0.39 is 0 Å². The first-order valence-electron chi connectivity index (χ1n) is 5.82. The molecule has 0 atom stereocenters. The van der Waals surface area contributed by atoms with Crippen molar-refractivity contribution in [1.82, 2.24) is 0 Å². The number of oxime groups is 1. The van der Waals surface area contributed by atoms with Crippen LogP contribution in [0.2, 0.25) is 0 Å². The van der Waals surface area contributed by atoms with Crippen molar-refractivity contribution in [3.8, 4) is 0 Å². The van der Waals surface area contributed by atoms with E-state index in [4.69, 9.17) is 5.21 Å². The van der Waals surface area contributed by atoms with Gasteiger partial charge in [-0.15, -0.1) is 0 Å². The summed E-state index contributed by atoms with van der Waals surface area (Å²) in [4.78, 5) is 2.07. The summed E-state index contributed by atoms with van der Waals surface area (Å²) in [7, 11) is 4.05. The molecule has 0 heterocycles. The van der Waals surface area contributed by atoms with Crippen molar-refractivity contribution in [1.29, 1.82) is 0 Å². The molecule has 3 nitrogen and oxygen atoms in total. The molecule has 0 radical (unpaired) electrons. The maximum Gasteiger partial charge on any atom is 0.0876 e. The summed E-state index contributed by atoms with van der Waals surface area (Å²) in [5.74, 6) is 0. The predicted octanol–water partition coefficient (Wildman–Crippen LogP) is 3.15. The summed E-state index contributed by atoms with van der Waals surface area (Å²) in [6.45, 7) is 2.10. The lowest BCUT2D eigenvalue weighted by Crippen LogP contribution is -2.08. The van der Waals surface area contributed by atoms with Crippen LogP contribution in [0.4, 0.5) is 5.69 Å². The van der Waals surface area contributed by atoms with Gasteiger partial charge in [-0.05, 0) is 37.5 Å². The fourth-order valence-electron chi connectivity index (χ4n) is 2.24. The Labute approximate surface area is 102 Å². The summed E-state index contributed by atoms with van der Waals surface area (Å²) in [6.07, 6.45) is 1.83. The summed E-state index contributed by atoms with van der Waals surface area (Å²) >= 11 is 0. The van der Waals surface area contributed by atoms with Crippen LogP contribution in [0.25, 0.3) is 5.57 Å². The maximum atomic E-state index is 9.00. The van der Waals surface area contributed by atoms with Gasteiger partial charge in [0.2, 0.25) is 0 Å². The second kappa shape index (κ2) is 4.62. The number of rotatable bonds is 2. The molecule has 1 aliphatic carbocycles. The summed E-state index contributed by atoms with van der Waals surface area (Å²) in [6, 6.07) is 8.35. The van der Waals surface area contributed by atoms with Crippen molar-refractivity contribution in [3.63, 3.8) is 0 Å². The molecule has 0 aromatic heterocycles. The van der Waals surface area contributed by atoms with Gasteiger partial charge in [-0.3, -0.25) is 0 Å². The van der Waals surface area contributed by atoms with E-state index in [1.807, 2.05) is 14.1 Å². The van der Waals surface area contributed by atoms with Crippen molar-refractivity contribution in [2.24, 2.45) is 5.16 Å².